The zero-order chi connectivity index (χ0) is 81.6. The van der Waals surface area contributed by atoms with Gasteiger partial charge in [0.2, 0.25) is 5.91 Å². The fourth-order valence-electron chi connectivity index (χ4n) is 10.1. The van der Waals surface area contributed by atoms with Crippen molar-refractivity contribution in [2.45, 2.75) is 173 Å². The van der Waals surface area contributed by atoms with E-state index in [1.165, 1.54) is 64.2 Å². The summed E-state index contributed by atoms with van der Waals surface area (Å²) in [5.41, 5.74) is 5.47. The molecule has 0 radical (unpaired) electrons. The lowest BCUT2D eigenvalue weighted by Crippen LogP contribution is -2.41. The van der Waals surface area contributed by atoms with Gasteiger partial charge in [0.15, 0.2) is 0 Å². The minimum absolute atomic E-state index is 0.0487. The first-order chi connectivity index (χ1) is 55.7. The van der Waals surface area contributed by atoms with Crippen molar-refractivity contribution in [1.29, 1.82) is 0 Å². The van der Waals surface area contributed by atoms with Gasteiger partial charge in [0.05, 0.1) is 311 Å². The van der Waals surface area contributed by atoms with Gasteiger partial charge in [-0.05, 0) is 32.1 Å². The number of carboxylic acid groups (broad SMARTS) is 2. The zero-order valence-electron chi connectivity index (χ0n) is 69.4. The number of carbonyl (C=O) groups excluding carboxylic acids is 3. The molecule has 1 amide bonds. The molecule has 0 unspecified atom stereocenters. The van der Waals surface area contributed by atoms with E-state index in [0.29, 0.717) is 356 Å². The maximum atomic E-state index is 12.4. The Labute approximate surface area is 676 Å². The van der Waals surface area contributed by atoms with E-state index in [1.54, 1.807) is 0 Å². The monoisotopic (exact) mass is 1640 g/mol. The number of nitrogens with two attached hydrogens (primary N) is 1. The van der Waals surface area contributed by atoms with Gasteiger partial charge in [-0.3, -0.25) is 19.2 Å². The number of amides is 1. The molecule has 0 bridgehead atoms. The van der Waals surface area contributed by atoms with E-state index in [0.717, 1.165) is 32.1 Å². The average Bonchev–Trinajstić information content (AvgIpc) is 0.932. The van der Waals surface area contributed by atoms with E-state index in [9.17, 15) is 29.1 Å². The summed E-state index contributed by atoms with van der Waals surface area (Å²) in [5.74, 6) is -2.30. The van der Waals surface area contributed by atoms with Crippen molar-refractivity contribution < 1.29 is 148 Å². The lowest BCUT2D eigenvalue weighted by Gasteiger charge is -2.14. The predicted octanol–water partition coefficient (Wildman–Crippen LogP) is 6.89. The Bertz CT molecular complexity index is 1970. The molecule has 2 atom stereocenters. The molecule has 0 aromatic rings. The third-order valence-electron chi connectivity index (χ3n) is 16.5. The molecule has 0 saturated heterocycles. The number of hydrogen-bond acceptors (Lipinski definition) is 30. The van der Waals surface area contributed by atoms with Gasteiger partial charge in [-0.1, -0.05) is 96.8 Å². The molecule has 0 spiro atoms. The summed E-state index contributed by atoms with van der Waals surface area (Å²) in [6.07, 6.45) is 20.6. The van der Waals surface area contributed by atoms with E-state index in [-0.39, 0.29) is 36.7 Å². The summed E-state index contributed by atoms with van der Waals surface area (Å²) in [5, 5.41) is 21.0. The molecule has 0 aromatic carbocycles. The SMILES string of the molecule is CCCCCCCCCCCCCCCC(=O)N[C@@H](CCC(=O)CCCOCCOCCOCCOCCOCCOCCOCCOCCOCCOCCOCCOCCOCCOCCOCCOCCOCCOCCOCCOCCOCCOCCOCCOCCC(=O)CCCCC[C@H](N)C(=O)O)C(=O)O. The van der Waals surface area contributed by atoms with Crippen LogP contribution in [0.5, 0.6) is 0 Å². The van der Waals surface area contributed by atoms with Crippen LogP contribution in [0.3, 0.4) is 0 Å². The van der Waals surface area contributed by atoms with Gasteiger partial charge in [-0.25, -0.2) is 4.79 Å². The van der Waals surface area contributed by atoms with Crippen LogP contribution in [0.2, 0.25) is 0 Å². The second kappa shape index (κ2) is 95.9. The Balaban J connectivity index is 3.22. The van der Waals surface area contributed by atoms with E-state index in [4.69, 9.17) is 125 Å². The second-order valence-electron chi connectivity index (χ2n) is 26.2. The summed E-state index contributed by atoms with van der Waals surface area (Å²) in [7, 11) is 0. The number of carbonyl (C=O) groups is 5. The lowest BCUT2D eigenvalue weighted by atomic mass is 10.0. The zero-order valence-corrected chi connectivity index (χ0v) is 69.4. The van der Waals surface area contributed by atoms with Crippen molar-refractivity contribution in [3.63, 3.8) is 0 Å². The molecule has 0 aliphatic carbocycles. The van der Waals surface area contributed by atoms with E-state index < -0.39 is 24.0 Å². The smallest absolute Gasteiger partial charge is 0.326 e. The van der Waals surface area contributed by atoms with Crippen LogP contribution in [0.4, 0.5) is 0 Å². The number of nitrogens with one attached hydrogen (secondary N) is 1. The number of rotatable bonds is 102. The molecule has 33 heteroatoms. The highest BCUT2D eigenvalue weighted by molar-refractivity contribution is 5.84. The van der Waals surface area contributed by atoms with Crippen molar-refractivity contribution in [2.24, 2.45) is 5.73 Å². The van der Waals surface area contributed by atoms with Crippen molar-refractivity contribution in [3.8, 4) is 0 Å². The fraction of sp³-hybridized carbons (Fsp3) is 0.938. The molecular weight excluding hydrogens is 1480 g/mol. The maximum Gasteiger partial charge on any atom is 0.326 e. The normalized spacial score (nSPS) is 12.2. The van der Waals surface area contributed by atoms with Gasteiger partial charge in [0.25, 0.3) is 0 Å². The molecule has 0 aliphatic heterocycles. The first-order valence-electron chi connectivity index (χ1n) is 42.1. The number of ketones is 2. The molecule has 0 heterocycles. The number of hydrogen-bond donors (Lipinski definition) is 4. The van der Waals surface area contributed by atoms with Gasteiger partial charge in [0.1, 0.15) is 23.7 Å². The maximum absolute atomic E-state index is 12.4. The largest absolute Gasteiger partial charge is 0.480 e. The number of aliphatic carboxylic acids is 2. The van der Waals surface area contributed by atoms with Crippen molar-refractivity contribution >= 4 is 29.4 Å². The third-order valence-corrected chi connectivity index (χ3v) is 16.5. The van der Waals surface area contributed by atoms with Crippen LogP contribution >= 0.6 is 0 Å². The highest BCUT2D eigenvalue weighted by atomic mass is 16.6. The Morgan fingerprint density at radius 3 is 0.673 bits per heavy atom. The van der Waals surface area contributed by atoms with Crippen molar-refractivity contribution in [1.82, 2.24) is 5.32 Å². The summed E-state index contributed by atoms with van der Waals surface area (Å²) in [6, 6.07) is -1.89. The molecule has 5 N–H and O–H groups in total. The molecule has 33 nitrogen and oxygen atoms in total. The Morgan fingerprint density at radius 1 is 0.221 bits per heavy atom. The number of unbranched alkanes of at least 4 members (excludes halogenated alkanes) is 14. The van der Waals surface area contributed by atoms with Gasteiger partial charge < -0.3 is 135 Å². The van der Waals surface area contributed by atoms with Crippen LogP contribution in [0.1, 0.15) is 161 Å². The van der Waals surface area contributed by atoms with Crippen LogP contribution in [-0.2, 0) is 138 Å². The molecule has 0 aliphatic rings. The molecule has 0 fully saturated rings. The summed E-state index contributed by atoms with van der Waals surface area (Å²) in [4.78, 5) is 59.1. The van der Waals surface area contributed by atoms with Crippen LogP contribution in [0.25, 0.3) is 0 Å². The van der Waals surface area contributed by atoms with Crippen molar-refractivity contribution in [2.75, 3.05) is 317 Å². The van der Waals surface area contributed by atoms with E-state index in [2.05, 4.69) is 12.2 Å². The van der Waals surface area contributed by atoms with E-state index in [1.807, 2.05) is 0 Å². The topological polar surface area (TPSA) is 385 Å². The lowest BCUT2D eigenvalue weighted by molar-refractivity contribution is -0.142. The van der Waals surface area contributed by atoms with Crippen molar-refractivity contribution in [3.05, 3.63) is 0 Å². The molecule has 0 rings (SSSR count). The van der Waals surface area contributed by atoms with Gasteiger partial charge >= 0.3 is 11.9 Å². The molecule has 113 heavy (non-hydrogen) atoms. The minimum atomic E-state index is -1.12. The van der Waals surface area contributed by atoms with Crippen LogP contribution in [0.15, 0.2) is 0 Å². The fourth-order valence-corrected chi connectivity index (χ4v) is 10.1. The second-order valence-corrected chi connectivity index (χ2v) is 26.2. The minimum Gasteiger partial charge on any atom is -0.480 e. The highest BCUT2D eigenvalue weighted by Gasteiger charge is 2.21. The first-order valence-corrected chi connectivity index (χ1v) is 42.1. The highest BCUT2D eigenvalue weighted by Crippen LogP contribution is 2.14. The molecule has 670 valence electrons. The van der Waals surface area contributed by atoms with Crippen LogP contribution in [0, 0.1) is 0 Å². The summed E-state index contributed by atoms with van der Waals surface area (Å²) in [6.45, 7) is 24.0. The Kier molecular flexibility index (Phi) is 93.1. The number of Topliss-reactive ketones (excluding diaryl/α,β-unsaturated/α-hetero) is 2. The van der Waals surface area contributed by atoms with Crippen LogP contribution < -0.4 is 11.1 Å². The summed E-state index contributed by atoms with van der Waals surface area (Å²) >= 11 is 0. The number of carboxylic acids is 2. The quantitative estimate of drug-likeness (QED) is 0.0450. The Hall–Kier alpha value is -3.25. The molecule has 0 saturated carbocycles. The summed E-state index contributed by atoms with van der Waals surface area (Å²) < 4.78 is 133. The van der Waals surface area contributed by atoms with Gasteiger partial charge in [0, 0.05) is 38.7 Å². The predicted molar refractivity (Wildman–Crippen MR) is 421 cm³/mol. The standard InChI is InChI=1S/C80H154N2O31/c1-2-3-4-5-6-7-8-9-10-11-12-13-17-22-78(85)82-77(80(88)89)24-23-74(83)20-18-26-90-28-30-92-32-34-94-36-38-96-40-42-98-44-46-100-48-50-102-52-54-104-56-58-106-60-62-108-64-66-110-68-70-112-72-73-113-71-69-111-67-65-109-63-61-107-59-57-105-55-53-103-51-49-101-47-45-99-43-41-97-39-37-95-35-33-93-31-29-91-27-25-75(84)19-15-14-16-21-76(81)79(86)87/h76-77H,2-73,81H2,1H3,(H,82,85)(H,86,87)(H,88,89)/t76-,77-/m0/s1. The van der Waals surface area contributed by atoms with E-state index >= 15 is 0 Å². The third kappa shape index (κ3) is 94.1. The number of ether oxygens (including phenoxy) is 24. The van der Waals surface area contributed by atoms with Gasteiger partial charge in [-0.15, -0.1) is 0 Å². The van der Waals surface area contributed by atoms with Gasteiger partial charge in [-0.2, -0.15) is 0 Å². The molecular formula is C80H154N2O31. The Morgan fingerprint density at radius 2 is 0.425 bits per heavy atom. The van der Waals surface area contributed by atoms with Crippen LogP contribution in [-0.4, -0.2) is 369 Å². The molecule has 0 aromatic heterocycles. The first kappa shape index (κ1) is 110. The average molecular weight is 1640 g/mol.